The Bertz CT molecular complexity index is 441. The Labute approximate surface area is 96.3 Å². The molecule has 0 spiro atoms. The quantitative estimate of drug-likeness (QED) is 0.613. The van der Waals surface area contributed by atoms with Gasteiger partial charge < -0.3 is 5.11 Å². The van der Waals surface area contributed by atoms with Crippen LogP contribution in [0.2, 0.25) is 0 Å². The molecule has 0 bridgehead atoms. The van der Waals surface area contributed by atoms with Crippen LogP contribution in [0.3, 0.4) is 0 Å². The first-order valence-electron chi connectivity index (χ1n) is 4.71. The van der Waals surface area contributed by atoms with Gasteiger partial charge in [-0.25, -0.2) is 0 Å². The molecule has 0 aliphatic heterocycles. The van der Waals surface area contributed by atoms with Gasteiger partial charge in [0.1, 0.15) is 6.10 Å². The summed E-state index contributed by atoms with van der Waals surface area (Å²) in [6, 6.07) is 5.63. The molecule has 0 saturated carbocycles. The molecular formula is C10H10N2O5. The second-order valence-electron chi connectivity index (χ2n) is 3.29. The smallest absolute Gasteiger partial charge is 0.269 e. The van der Waals surface area contributed by atoms with Crippen LogP contribution < -0.4 is 0 Å². The van der Waals surface area contributed by atoms with Gasteiger partial charge in [0.15, 0.2) is 0 Å². The molecule has 1 aromatic carbocycles. The largest absolute Gasteiger partial charge is 0.382 e. The van der Waals surface area contributed by atoms with Gasteiger partial charge in [0.2, 0.25) is 6.54 Å². The molecule has 7 nitrogen and oxygen atoms in total. The van der Waals surface area contributed by atoms with Crippen molar-refractivity contribution in [2.75, 3.05) is 6.54 Å². The minimum absolute atomic E-state index is 0.0343. The number of aliphatic hydroxyl groups excluding tert-OH is 1. The van der Waals surface area contributed by atoms with Crippen LogP contribution in [-0.4, -0.2) is 27.6 Å². The van der Waals surface area contributed by atoms with Crippen LogP contribution >= 0.6 is 0 Å². The van der Waals surface area contributed by atoms with Crippen LogP contribution in [-0.2, 0) is 0 Å². The van der Waals surface area contributed by atoms with Crippen molar-refractivity contribution in [3.05, 3.63) is 56.1 Å². The van der Waals surface area contributed by atoms with E-state index in [1.807, 2.05) is 0 Å². The monoisotopic (exact) mass is 238 g/mol. The van der Waals surface area contributed by atoms with Gasteiger partial charge in [-0.05, 0) is 23.8 Å². The molecular weight excluding hydrogens is 228 g/mol. The number of nitro benzene ring substituents is 1. The van der Waals surface area contributed by atoms with Crippen molar-refractivity contribution < 1.29 is 15.0 Å². The number of rotatable bonds is 5. The predicted molar refractivity (Wildman–Crippen MR) is 60.0 cm³/mol. The van der Waals surface area contributed by atoms with E-state index in [1.165, 1.54) is 36.4 Å². The Morgan fingerprint density at radius 3 is 2.29 bits per heavy atom. The number of nitrogens with zero attached hydrogens (tertiary/aromatic N) is 2. The van der Waals surface area contributed by atoms with Crippen molar-refractivity contribution >= 4 is 11.8 Å². The summed E-state index contributed by atoms with van der Waals surface area (Å²) >= 11 is 0. The summed E-state index contributed by atoms with van der Waals surface area (Å²) in [5, 5.41) is 29.6. The molecule has 1 atom stereocenters. The van der Waals surface area contributed by atoms with Crippen molar-refractivity contribution in [1.82, 2.24) is 0 Å². The van der Waals surface area contributed by atoms with Crippen LogP contribution in [0.15, 0.2) is 30.3 Å². The Balaban J connectivity index is 2.65. The SMILES string of the molecule is O=[N+]([O-])C[C@@H](O)/C=C/c1ccc([N+](=O)[O-])cc1. The summed E-state index contributed by atoms with van der Waals surface area (Å²) in [5.74, 6) is 0. The van der Waals surface area contributed by atoms with Gasteiger partial charge in [-0.3, -0.25) is 20.2 Å². The highest BCUT2D eigenvalue weighted by atomic mass is 16.6. The fraction of sp³-hybridized carbons (Fsp3) is 0.200. The van der Waals surface area contributed by atoms with E-state index in [4.69, 9.17) is 0 Å². The second kappa shape index (κ2) is 5.71. The lowest BCUT2D eigenvalue weighted by molar-refractivity contribution is -0.487. The Morgan fingerprint density at radius 1 is 1.24 bits per heavy atom. The average Bonchev–Trinajstić information content (AvgIpc) is 2.26. The number of aliphatic hydroxyl groups is 1. The molecule has 1 rings (SSSR count). The zero-order chi connectivity index (χ0) is 12.8. The van der Waals surface area contributed by atoms with E-state index in [9.17, 15) is 25.3 Å². The lowest BCUT2D eigenvalue weighted by atomic mass is 10.2. The summed E-state index contributed by atoms with van der Waals surface area (Å²) in [6.07, 6.45) is 1.57. The van der Waals surface area contributed by atoms with E-state index in [-0.39, 0.29) is 5.69 Å². The standard InChI is InChI=1S/C10H10N2O5/c13-10(7-11(14)15)6-3-8-1-4-9(5-2-8)12(16)17/h1-6,10,13H,7H2/b6-3+/t10-/m0/s1. The number of nitro groups is 2. The highest BCUT2D eigenvalue weighted by Gasteiger charge is 2.07. The van der Waals surface area contributed by atoms with Crippen LogP contribution in [0.1, 0.15) is 5.56 Å². The Hall–Kier alpha value is -2.28. The Morgan fingerprint density at radius 2 is 1.82 bits per heavy atom. The van der Waals surface area contributed by atoms with E-state index in [0.717, 1.165) is 0 Å². The molecule has 0 unspecified atom stereocenters. The number of benzene rings is 1. The molecule has 0 amide bonds. The average molecular weight is 238 g/mol. The molecule has 0 aliphatic rings. The van der Waals surface area contributed by atoms with E-state index in [2.05, 4.69) is 0 Å². The Kier molecular flexibility index (Phi) is 4.29. The van der Waals surface area contributed by atoms with Crippen molar-refractivity contribution in [2.24, 2.45) is 0 Å². The van der Waals surface area contributed by atoms with Crippen LogP contribution in [0, 0.1) is 20.2 Å². The van der Waals surface area contributed by atoms with Gasteiger partial charge in [0.25, 0.3) is 5.69 Å². The summed E-state index contributed by atoms with van der Waals surface area (Å²) < 4.78 is 0. The molecule has 1 N–H and O–H groups in total. The zero-order valence-corrected chi connectivity index (χ0v) is 8.72. The minimum atomic E-state index is -1.17. The lowest BCUT2D eigenvalue weighted by Gasteiger charge is -1.98. The van der Waals surface area contributed by atoms with Crippen molar-refractivity contribution in [2.45, 2.75) is 6.10 Å². The van der Waals surface area contributed by atoms with Gasteiger partial charge in [0.05, 0.1) is 4.92 Å². The third-order valence-corrected chi connectivity index (χ3v) is 1.95. The minimum Gasteiger partial charge on any atom is -0.382 e. The number of hydrogen-bond donors (Lipinski definition) is 1. The topological polar surface area (TPSA) is 107 Å². The maximum Gasteiger partial charge on any atom is 0.269 e. The van der Waals surface area contributed by atoms with Gasteiger partial charge in [-0.1, -0.05) is 6.08 Å². The fourth-order valence-electron chi connectivity index (χ4n) is 1.14. The van der Waals surface area contributed by atoms with Crippen LogP contribution in [0.25, 0.3) is 6.08 Å². The molecule has 0 radical (unpaired) electrons. The summed E-state index contributed by atoms with van der Waals surface area (Å²) in [7, 11) is 0. The zero-order valence-electron chi connectivity index (χ0n) is 8.72. The molecule has 7 heteroatoms. The predicted octanol–water partition coefficient (Wildman–Crippen LogP) is 1.25. The van der Waals surface area contributed by atoms with Crippen molar-refractivity contribution in [1.29, 1.82) is 0 Å². The molecule has 1 aromatic rings. The lowest BCUT2D eigenvalue weighted by Crippen LogP contribution is -2.16. The van der Waals surface area contributed by atoms with Crippen molar-refractivity contribution in [3.63, 3.8) is 0 Å². The van der Waals surface area contributed by atoms with Crippen molar-refractivity contribution in [3.8, 4) is 0 Å². The molecule has 0 heterocycles. The first kappa shape index (κ1) is 12.8. The first-order valence-corrected chi connectivity index (χ1v) is 4.71. The number of hydrogen-bond acceptors (Lipinski definition) is 5. The van der Waals surface area contributed by atoms with E-state index in [0.29, 0.717) is 5.56 Å². The van der Waals surface area contributed by atoms with Gasteiger partial charge in [-0.2, -0.15) is 0 Å². The molecule has 17 heavy (non-hydrogen) atoms. The van der Waals surface area contributed by atoms with E-state index < -0.39 is 22.5 Å². The van der Waals surface area contributed by atoms with Gasteiger partial charge >= 0.3 is 0 Å². The third kappa shape index (κ3) is 4.39. The molecule has 0 saturated heterocycles. The van der Waals surface area contributed by atoms with Gasteiger partial charge in [-0.15, -0.1) is 0 Å². The summed E-state index contributed by atoms with van der Waals surface area (Å²) in [6.45, 7) is -0.566. The summed E-state index contributed by atoms with van der Waals surface area (Å²) in [4.78, 5) is 19.3. The molecule has 0 fully saturated rings. The highest BCUT2D eigenvalue weighted by Crippen LogP contribution is 2.12. The van der Waals surface area contributed by atoms with E-state index >= 15 is 0 Å². The normalized spacial score (nSPS) is 12.5. The first-order chi connectivity index (χ1) is 7.99. The maximum atomic E-state index is 10.4. The van der Waals surface area contributed by atoms with E-state index in [1.54, 1.807) is 0 Å². The molecule has 0 aromatic heterocycles. The highest BCUT2D eigenvalue weighted by molar-refractivity contribution is 5.52. The molecule has 90 valence electrons. The summed E-state index contributed by atoms with van der Waals surface area (Å²) in [5.41, 5.74) is 0.589. The van der Waals surface area contributed by atoms with Gasteiger partial charge in [0, 0.05) is 17.1 Å². The molecule has 0 aliphatic carbocycles. The third-order valence-electron chi connectivity index (χ3n) is 1.95. The second-order valence-corrected chi connectivity index (χ2v) is 3.29. The van der Waals surface area contributed by atoms with Crippen LogP contribution in [0.5, 0.6) is 0 Å². The van der Waals surface area contributed by atoms with Crippen LogP contribution in [0.4, 0.5) is 5.69 Å². The number of non-ortho nitro benzene ring substituents is 1. The maximum absolute atomic E-state index is 10.4. The fourth-order valence-corrected chi connectivity index (χ4v) is 1.14.